The first-order valence-electron chi connectivity index (χ1n) is 7.31. The van der Waals surface area contributed by atoms with E-state index in [1.807, 2.05) is 33.0 Å². The van der Waals surface area contributed by atoms with Gasteiger partial charge in [-0.15, -0.1) is 0 Å². The summed E-state index contributed by atoms with van der Waals surface area (Å²) in [4.78, 5) is 8.86. The lowest BCUT2D eigenvalue weighted by molar-refractivity contribution is 0.136. The van der Waals surface area contributed by atoms with Gasteiger partial charge in [0.2, 0.25) is 0 Å². The Morgan fingerprint density at radius 1 is 1.30 bits per heavy atom. The minimum Gasteiger partial charge on any atom is -0.507 e. The van der Waals surface area contributed by atoms with Gasteiger partial charge in [-0.2, -0.15) is 0 Å². The molecule has 0 amide bonds. The van der Waals surface area contributed by atoms with Gasteiger partial charge in [0.15, 0.2) is 5.13 Å². The first-order chi connectivity index (χ1) is 11.1. The summed E-state index contributed by atoms with van der Waals surface area (Å²) in [5, 5.41) is 14.4. The van der Waals surface area contributed by atoms with Crippen LogP contribution in [0.15, 0.2) is 24.5 Å². The van der Waals surface area contributed by atoms with Gasteiger partial charge >= 0.3 is 0 Å². The first kappa shape index (κ1) is 15.7. The number of aryl methyl sites for hydroxylation is 1. The summed E-state index contributed by atoms with van der Waals surface area (Å²) in [5.41, 5.74) is 4.32. The molecule has 0 saturated carbocycles. The summed E-state index contributed by atoms with van der Waals surface area (Å²) in [6.45, 7) is 3.82. The second-order valence-electron chi connectivity index (χ2n) is 5.36. The number of thiazole rings is 1. The number of phenols is 1. The van der Waals surface area contributed by atoms with Gasteiger partial charge < -0.3 is 15.2 Å². The number of nitrogens with zero attached hydrogens (tertiary/aromatic N) is 2. The number of fused-ring (bicyclic) bond motifs is 1. The van der Waals surface area contributed by atoms with Crippen molar-refractivity contribution in [1.82, 2.24) is 9.97 Å². The third-order valence-electron chi connectivity index (χ3n) is 4.04. The first-order valence-corrected chi connectivity index (χ1v) is 8.13. The van der Waals surface area contributed by atoms with E-state index in [1.54, 1.807) is 19.5 Å². The van der Waals surface area contributed by atoms with Crippen molar-refractivity contribution in [1.29, 1.82) is 0 Å². The number of aromatic nitrogens is 2. The minimum absolute atomic E-state index is 0.296. The number of hydrogen-bond donors (Lipinski definition) is 2. The summed E-state index contributed by atoms with van der Waals surface area (Å²) in [6.07, 6.45) is 3.18. The minimum atomic E-state index is -0.329. The molecule has 0 fully saturated rings. The molecule has 3 aromatic rings. The lowest BCUT2D eigenvalue weighted by Crippen LogP contribution is -2.07. The van der Waals surface area contributed by atoms with Gasteiger partial charge in [-0.3, -0.25) is 4.98 Å². The maximum atomic E-state index is 10.5. The maximum Gasteiger partial charge on any atom is 0.183 e. The highest BCUT2D eigenvalue weighted by molar-refractivity contribution is 7.22. The zero-order valence-corrected chi connectivity index (χ0v) is 14.4. The molecule has 0 radical (unpaired) electrons. The fourth-order valence-electron chi connectivity index (χ4n) is 2.83. The van der Waals surface area contributed by atoms with Gasteiger partial charge in [-0.25, -0.2) is 4.98 Å². The number of rotatable bonds is 4. The number of phenolic OH excluding ortho intramolecular Hbond substituents is 1. The molecule has 0 spiro atoms. The standard InChI is InChI=1S/C17H19N3O2S/c1-9-12(15(22-4)11-6-5-7-19-8-11)13-16(10(2)14(9)21)23-17(18-3)20-13/h5-8,15,21H,1-4H3,(H,18,20)/t15-/m0/s1. The fourth-order valence-corrected chi connectivity index (χ4v) is 3.76. The zero-order valence-electron chi connectivity index (χ0n) is 13.5. The second kappa shape index (κ2) is 6.14. The van der Waals surface area contributed by atoms with E-state index in [1.165, 1.54) is 11.3 Å². The normalized spacial score (nSPS) is 12.5. The molecule has 0 aliphatic heterocycles. The Labute approximate surface area is 139 Å². The fraction of sp³-hybridized carbons (Fsp3) is 0.294. The predicted octanol–water partition coefficient (Wildman–Crippen LogP) is 3.79. The molecule has 0 saturated heterocycles. The monoisotopic (exact) mass is 329 g/mol. The topological polar surface area (TPSA) is 67.3 Å². The lowest BCUT2D eigenvalue weighted by Gasteiger charge is -2.20. The van der Waals surface area contributed by atoms with Crippen LogP contribution in [0.4, 0.5) is 5.13 Å². The van der Waals surface area contributed by atoms with Crippen LogP contribution in [0.3, 0.4) is 0 Å². The van der Waals surface area contributed by atoms with Crippen molar-refractivity contribution >= 4 is 26.7 Å². The lowest BCUT2D eigenvalue weighted by atomic mass is 9.94. The molecule has 0 bridgehead atoms. The Morgan fingerprint density at radius 3 is 2.70 bits per heavy atom. The highest BCUT2D eigenvalue weighted by Crippen LogP contribution is 2.43. The van der Waals surface area contributed by atoms with Gasteiger partial charge in [0, 0.05) is 43.2 Å². The number of anilines is 1. The third kappa shape index (κ3) is 2.54. The van der Waals surface area contributed by atoms with Crippen LogP contribution in [0.2, 0.25) is 0 Å². The van der Waals surface area contributed by atoms with E-state index in [0.29, 0.717) is 5.75 Å². The second-order valence-corrected chi connectivity index (χ2v) is 6.36. The van der Waals surface area contributed by atoms with Crippen molar-refractivity contribution in [2.24, 2.45) is 0 Å². The average Bonchev–Trinajstić information content (AvgIpc) is 3.01. The van der Waals surface area contributed by atoms with Gasteiger partial charge in [-0.05, 0) is 25.5 Å². The third-order valence-corrected chi connectivity index (χ3v) is 5.23. The maximum absolute atomic E-state index is 10.5. The molecule has 0 aliphatic rings. The van der Waals surface area contributed by atoms with Crippen LogP contribution in [0.25, 0.3) is 10.2 Å². The molecule has 0 aliphatic carbocycles. The molecular weight excluding hydrogens is 310 g/mol. The van der Waals surface area contributed by atoms with Crippen LogP contribution in [0.1, 0.15) is 28.4 Å². The number of methoxy groups -OCH3 is 1. The predicted molar refractivity (Wildman–Crippen MR) is 93.4 cm³/mol. The smallest absolute Gasteiger partial charge is 0.183 e. The van der Waals surface area contributed by atoms with Gasteiger partial charge in [0.1, 0.15) is 11.9 Å². The van der Waals surface area contributed by atoms with E-state index in [9.17, 15) is 5.11 Å². The molecule has 3 rings (SSSR count). The van der Waals surface area contributed by atoms with Gasteiger partial charge in [-0.1, -0.05) is 17.4 Å². The molecule has 1 aromatic carbocycles. The number of aromatic hydroxyl groups is 1. The zero-order chi connectivity index (χ0) is 16.6. The molecule has 2 heterocycles. The molecule has 2 N–H and O–H groups in total. The molecule has 1 atom stereocenters. The van der Waals surface area contributed by atoms with E-state index >= 15 is 0 Å². The molecule has 120 valence electrons. The van der Waals surface area contributed by atoms with E-state index in [-0.39, 0.29) is 6.10 Å². The van der Waals surface area contributed by atoms with Crippen molar-refractivity contribution in [2.75, 3.05) is 19.5 Å². The number of hydrogen-bond acceptors (Lipinski definition) is 6. The Hall–Kier alpha value is -2.18. The van der Waals surface area contributed by atoms with Crippen LogP contribution in [0.5, 0.6) is 5.75 Å². The van der Waals surface area contributed by atoms with Crippen molar-refractivity contribution in [2.45, 2.75) is 20.0 Å². The molecule has 23 heavy (non-hydrogen) atoms. The SMILES string of the molecule is CNc1nc2c([C@@H](OC)c3cccnc3)c(C)c(O)c(C)c2s1. The number of pyridine rings is 1. The Balaban J connectivity index is 2.33. The van der Waals surface area contributed by atoms with E-state index in [0.717, 1.165) is 37.6 Å². The molecule has 0 unspecified atom stereocenters. The van der Waals surface area contributed by atoms with E-state index in [4.69, 9.17) is 4.74 Å². The van der Waals surface area contributed by atoms with Crippen LogP contribution >= 0.6 is 11.3 Å². The summed E-state index contributed by atoms with van der Waals surface area (Å²) in [7, 11) is 3.50. The molecular formula is C17H19N3O2S. The van der Waals surface area contributed by atoms with Crippen molar-refractivity contribution in [3.8, 4) is 5.75 Å². The summed E-state index contributed by atoms with van der Waals surface area (Å²) < 4.78 is 6.71. The van der Waals surface area contributed by atoms with Crippen LogP contribution in [-0.2, 0) is 4.74 Å². The summed E-state index contributed by atoms with van der Waals surface area (Å²) in [5.74, 6) is 0.296. The van der Waals surface area contributed by atoms with Crippen molar-refractivity contribution in [3.63, 3.8) is 0 Å². The Kier molecular flexibility index (Phi) is 4.19. The summed E-state index contributed by atoms with van der Waals surface area (Å²) >= 11 is 1.53. The highest BCUT2D eigenvalue weighted by atomic mass is 32.1. The van der Waals surface area contributed by atoms with Gasteiger partial charge in [0.05, 0.1) is 10.2 Å². The van der Waals surface area contributed by atoms with Crippen LogP contribution < -0.4 is 5.32 Å². The van der Waals surface area contributed by atoms with Crippen molar-refractivity contribution < 1.29 is 9.84 Å². The average molecular weight is 329 g/mol. The number of benzene rings is 1. The van der Waals surface area contributed by atoms with E-state index in [2.05, 4.69) is 15.3 Å². The van der Waals surface area contributed by atoms with Crippen molar-refractivity contribution in [3.05, 3.63) is 46.8 Å². The largest absolute Gasteiger partial charge is 0.507 e. The Bertz CT molecular complexity index is 846. The molecule has 6 heteroatoms. The summed E-state index contributed by atoms with van der Waals surface area (Å²) in [6, 6.07) is 3.84. The van der Waals surface area contributed by atoms with E-state index < -0.39 is 0 Å². The Morgan fingerprint density at radius 2 is 2.09 bits per heavy atom. The quantitative estimate of drug-likeness (QED) is 0.762. The number of ether oxygens (including phenoxy) is 1. The number of nitrogens with one attached hydrogen (secondary N) is 1. The van der Waals surface area contributed by atoms with Crippen LogP contribution in [-0.4, -0.2) is 29.2 Å². The highest BCUT2D eigenvalue weighted by Gasteiger charge is 2.25. The van der Waals surface area contributed by atoms with Crippen LogP contribution in [0, 0.1) is 13.8 Å². The molecule has 2 aromatic heterocycles. The van der Waals surface area contributed by atoms with Gasteiger partial charge in [0.25, 0.3) is 0 Å². The molecule has 5 nitrogen and oxygen atoms in total.